The molecule has 1 atom stereocenters. The highest BCUT2D eigenvalue weighted by atomic mass is 15.2. The first-order chi connectivity index (χ1) is 7.42. The van der Waals surface area contributed by atoms with Crippen molar-refractivity contribution in [2.75, 3.05) is 13.1 Å². The second kappa shape index (κ2) is 4.85. The van der Waals surface area contributed by atoms with Gasteiger partial charge in [-0.05, 0) is 38.1 Å². The molecule has 0 saturated carbocycles. The van der Waals surface area contributed by atoms with E-state index in [0.717, 1.165) is 18.8 Å². The lowest BCUT2D eigenvalue weighted by Gasteiger charge is -2.29. The van der Waals surface area contributed by atoms with Gasteiger partial charge < -0.3 is 0 Å². The minimum absolute atomic E-state index is 0.223. The van der Waals surface area contributed by atoms with E-state index in [-0.39, 0.29) is 6.04 Å². The Kier molecular flexibility index (Phi) is 3.25. The Morgan fingerprint density at radius 1 is 1.33 bits per heavy atom. The van der Waals surface area contributed by atoms with Crippen molar-refractivity contribution in [3.05, 3.63) is 24.0 Å². The van der Waals surface area contributed by atoms with E-state index < -0.39 is 0 Å². The van der Waals surface area contributed by atoms with Crippen molar-refractivity contribution in [1.82, 2.24) is 15.1 Å². The van der Waals surface area contributed by atoms with Crippen molar-refractivity contribution in [3.63, 3.8) is 0 Å². The summed E-state index contributed by atoms with van der Waals surface area (Å²) in [5.74, 6) is 0. The number of rotatable bonds is 2. The fourth-order valence-electron chi connectivity index (χ4n) is 1.97. The Balaban J connectivity index is 2.14. The van der Waals surface area contributed by atoms with Crippen LogP contribution in [0.1, 0.15) is 31.0 Å². The lowest BCUT2D eigenvalue weighted by Crippen LogP contribution is -2.33. The Morgan fingerprint density at radius 2 is 2.13 bits per heavy atom. The average Bonchev–Trinajstić information content (AvgIpc) is 2.33. The van der Waals surface area contributed by atoms with E-state index in [2.05, 4.69) is 21.2 Å². The van der Waals surface area contributed by atoms with Gasteiger partial charge in [0.05, 0.1) is 11.8 Å². The van der Waals surface area contributed by atoms with Crippen LogP contribution in [0.3, 0.4) is 0 Å². The van der Waals surface area contributed by atoms with Gasteiger partial charge in [-0.1, -0.05) is 6.42 Å². The minimum atomic E-state index is -0.223. The van der Waals surface area contributed by atoms with Gasteiger partial charge in [0.15, 0.2) is 0 Å². The predicted octanol–water partition coefficient (Wildman–Crippen LogP) is 1.53. The van der Waals surface area contributed by atoms with Gasteiger partial charge in [-0.25, -0.2) is 0 Å². The van der Waals surface area contributed by atoms with E-state index in [1.165, 1.54) is 19.3 Å². The molecule has 1 aromatic heterocycles. The third-order valence-corrected chi connectivity index (χ3v) is 2.75. The highest BCUT2D eigenvalue weighted by Crippen LogP contribution is 2.21. The topological polar surface area (TPSA) is 52.8 Å². The van der Waals surface area contributed by atoms with Gasteiger partial charge in [-0.15, -0.1) is 0 Å². The van der Waals surface area contributed by atoms with Gasteiger partial charge in [-0.2, -0.15) is 15.5 Å². The molecule has 0 N–H and O–H groups in total. The maximum Gasteiger partial charge on any atom is 0.142 e. The van der Waals surface area contributed by atoms with Crippen molar-refractivity contribution in [2.45, 2.75) is 25.3 Å². The first-order valence-corrected chi connectivity index (χ1v) is 5.33. The minimum Gasteiger partial charge on any atom is -0.283 e. The van der Waals surface area contributed by atoms with Gasteiger partial charge >= 0.3 is 0 Å². The molecule has 2 rings (SSSR count). The summed E-state index contributed by atoms with van der Waals surface area (Å²) < 4.78 is 0. The number of nitriles is 1. The molecule has 1 saturated heterocycles. The quantitative estimate of drug-likeness (QED) is 0.729. The average molecular weight is 202 g/mol. The predicted molar refractivity (Wildman–Crippen MR) is 55.8 cm³/mol. The van der Waals surface area contributed by atoms with Crippen molar-refractivity contribution in [3.8, 4) is 6.07 Å². The van der Waals surface area contributed by atoms with Crippen LogP contribution >= 0.6 is 0 Å². The van der Waals surface area contributed by atoms with E-state index >= 15 is 0 Å². The summed E-state index contributed by atoms with van der Waals surface area (Å²) in [5.41, 5.74) is 0.766. The summed E-state index contributed by atoms with van der Waals surface area (Å²) in [7, 11) is 0. The molecule has 0 radical (unpaired) electrons. The Bertz CT molecular complexity index is 337. The lowest BCUT2D eigenvalue weighted by molar-refractivity contribution is 0.193. The first-order valence-electron chi connectivity index (χ1n) is 5.33. The molecule has 0 spiro atoms. The number of aromatic nitrogens is 2. The zero-order chi connectivity index (χ0) is 10.5. The first kappa shape index (κ1) is 10.1. The summed E-state index contributed by atoms with van der Waals surface area (Å²) in [6.07, 6.45) is 5.26. The van der Waals surface area contributed by atoms with E-state index in [1.807, 2.05) is 12.1 Å². The molecule has 0 aromatic carbocycles. The molecular formula is C11H14N4. The Hall–Kier alpha value is -1.47. The van der Waals surface area contributed by atoms with Gasteiger partial charge in [0, 0.05) is 6.20 Å². The number of piperidine rings is 1. The molecule has 1 aliphatic heterocycles. The molecule has 1 aromatic rings. The molecule has 1 aliphatic rings. The fraction of sp³-hybridized carbons (Fsp3) is 0.545. The van der Waals surface area contributed by atoms with Gasteiger partial charge in [0.2, 0.25) is 0 Å². The largest absolute Gasteiger partial charge is 0.283 e. The summed E-state index contributed by atoms with van der Waals surface area (Å²) in [5, 5.41) is 17.0. The molecule has 1 fully saturated rings. The fourth-order valence-corrected chi connectivity index (χ4v) is 1.97. The molecule has 0 bridgehead atoms. The third kappa shape index (κ3) is 2.31. The number of hydrogen-bond donors (Lipinski definition) is 0. The van der Waals surface area contributed by atoms with Crippen molar-refractivity contribution in [2.24, 2.45) is 0 Å². The highest BCUT2D eigenvalue weighted by molar-refractivity contribution is 5.14. The molecule has 4 heteroatoms. The van der Waals surface area contributed by atoms with Crippen molar-refractivity contribution in [1.29, 1.82) is 5.26 Å². The second-order valence-electron chi connectivity index (χ2n) is 3.78. The third-order valence-electron chi connectivity index (χ3n) is 2.75. The molecule has 1 unspecified atom stereocenters. The van der Waals surface area contributed by atoms with Gasteiger partial charge in [0.25, 0.3) is 0 Å². The van der Waals surface area contributed by atoms with Gasteiger partial charge in [-0.3, -0.25) is 4.90 Å². The van der Waals surface area contributed by atoms with Crippen molar-refractivity contribution >= 4 is 0 Å². The molecular weight excluding hydrogens is 188 g/mol. The van der Waals surface area contributed by atoms with Crippen LogP contribution in [-0.2, 0) is 0 Å². The van der Waals surface area contributed by atoms with E-state index in [9.17, 15) is 5.26 Å². The standard InChI is InChI=1S/C11H14N4/c12-9-11(10-5-4-6-13-14-10)15-7-2-1-3-8-15/h4-6,11H,1-3,7-8H2. The van der Waals surface area contributed by atoms with E-state index in [1.54, 1.807) is 6.20 Å². The zero-order valence-corrected chi connectivity index (χ0v) is 8.63. The van der Waals surface area contributed by atoms with E-state index in [4.69, 9.17) is 0 Å². The molecule has 4 nitrogen and oxygen atoms in total. The van der Waals surface area contributed by atoms with Crippen LogP contribution in [0.15, 0.2) is 18.3 Å². The number of likely N-dealkylation sites (tertiary alicyclic amines) is 1. The Labute approximate surface area is 89.5 Å². The summed E-state index contributed by atoms with van der Waals surface area (Å²) in [6.45, 7) is 1.99. The van der Waals surface area contributed by atoms with Crippen LogP contribution in [0, 0.1) is 11.3 Å². The molecule has 15 heavy (non-hydrogen) atoms. The van der Waals surface area contributed by atoms with Crippen LogP contribution in [0.5, 0.6) is 0 Å². The van der Waals surface area contributed by atoms with Crippen LogP contribution in [0.2, 0.25) is 0 Å². The number of nitrogens with zero attached hydrogens (tertiary/aromatic N) is 4. The Morgan fingerprint density at radius 3 is 2.73 bits per heavy atom. The highest BCUT2D eigenvalue weighted by Gasteiger charge is 2.22. The smallest absolute Gasteiger partial charge is 0.142 e. The summed E-state index contributed by atoms with van der Waals surface area (Å²) in [4.78, 5) is 2.19. The lowest BCUT2D eigenvalue weighted by atomic mass is 10.1. The zero-order valence-electron chi connectivity index (χ0n) is 8.63. The molecule has 0 aliphatic carbocycles. The van der Waals surface area contributed by atoms with Crippen molar-refractivity contribution < 1.29 is 0 Å². The van der Waals surface area contributed by atoms with Crippen LogP contribution in [0.4, 0.5) is 0 Å². The second-order valence-corrected chi connectivity index (χ2v) is 3.78. The maximum absolute atomic E-state index is 9.17. The molecule has 2 heterocycles. The summed E-state index contributed by atoms with van der Waals surface area (Å²) in [6, 6.07) is 5.79. The summed E-state index contributed by atoms with van der Waals surface area (Å²) >= 11 is 0. The SMILES string of the molecule is N#CC(c1cccnn1)N1CCCCC1. The van der Waals surface area contributed by atoms with Crippen LogP contribution in [0.25, 0.3) is 0 Å². The maximum atomic E-state index is 9.17. The number of hydrogen-bond acceptors (Lipinski definition) is 4. The van der Waals surface area contributed by atoms with Crippen LogP contribution in [-0.4, -0.2) is 28.2 Å². The van der Waals surface area contributed by atoms with Crippen LogP contribution < -0.4 is 0 Å². The molecule has 0 amide bonds. The molecule has 78 valence electrons. The van der Waals surface area contributed by atoms with E-state index in [0.29, 0.717) is 0 Å². The monoisotopic (exact) mass is 202 g/mol. The normalized spacial score (nSPS) is 19.4. The van der Waals surface area contributed by atoms with Gasteiger partial charge in [0.1, 0.15) is 6.04 Å².